The third-order valence-electron chi connectivity index (χ3n) is 3.47. The molecule has 2 heterocycles. The van der Waals surface area contributed by atoms with Gasteiger partial charge in [0.1, 0.15) is 11.5 Å². The van der Waals surface area contributed by atoms with Gasteiger partial charge in [-0.05, 0) is 48.6 Å². The molecule has 0 aliphatic rings. The number of nitro benzene ring substituents is 1. The minimum absolute atomic E-state index is 0.0273. The smallest absolute Gasteiger partial charge is 0.269 e. The van der Waals surface area contributed by atoms with Crippen molar-refractivity contribution in [3.63, 3.8) is 0 Å². The first-order chi connectivity index (χ1) is 12.1. The molecule has 0 spiro atoms. The zero-order valence-corrected chi connectivity index (χ0v) is 13.9. The molecule has 7 nitrogen and oxygen atoms in total. The zero-order chi connectivity index (χ0) is 17.6. The molecule has 1 aromatic carbocycles. The maximum atomic E-state index is 10.7. The van der Waals surface area contributed by atoms with E-state index in [1.807, 2.05) is 29.2 Å². The lowest BCUT2D eigenvalue weighted by Crippen LogP contribution is -2.33. The summed E-state index contributed by atoms with van der Waals surface area (Å²) >= 11 is 5.49. The number of nitro groups is 1. The Morgan fingerprint density at radius 1 is 1.04 bits per heavy atom. The van der Waals surface area contributed by atoms with Crippen molar-refractivity contribution in [3.05, 3.63) is 82.7 Å². The monoisotopic (exact) mass is 357 g/mol. The Morgan fingerprint density at radius 2 is 1.60 bits per heavy atom. The van der Waals surface area contributed by atoms with Gasteiger partial charge in [0.15, 0.2) is 5.11 Å². The highest BCUT2D eigenvalue weighted by atomic mass is 32.1. The third kappa shape index (κ3) is 4.45. The van der Waals surface area contributed by atoms with Crippen LogP contribution in [0.3, 0.4) is 0 Å². The van der Waals surface area contributed by atoms with E-state index in [-0.39, 0.29) is 5.69 Å². The molecule has 0 saturated carbocycles. The van der Waals surface area contributed by atoms with Crippen LogP contribution < -0.4 is 5.32 Å². The summed E-state index contributed by atoms with van der Waals surface area (Å²) in [4.78, 5) is 12.2. The SMILES string of the molecule is O=[N+]([O-])c1ccc(NC(=S)N(Cc2ccco2)Cc2ccco2)cc1. The maximum Gasteiger partial charge on any atom is 0.269 e. The fourth-order valence-corrected chi connectivity index (χ4v) is 2.50. The second kappa shape index (κ2) is 7.63. The predicted octanol–water partition coefficient (Wildman–Crippen LogP) is 4.18. The van der Waals surface area contributed by atoms with Crippen LogP contribution in [0.4, 0.5) is 11.4 Å². The number of hydrogen-bond acceptors (Lipinski definition) is 5. The zero-order valence-electron chi connectivity index (χ0n) is 13.1. The van der Waals surface area contributed by atoms with E-state index in [1.165, 1.54) is 12.1 Å². The van der Waals surface area contributed by atoms with Gasteiger partial charge in [0.2, 0.25) is 0 Å². The highest BCUT2D eigenvalue weighted by Crippen LogP contribution is 2.18. The average Bonchev–Trinajstić information content (AvgIpc) is 3.28. The summed E-state index contributed by atoms with van der Waals surface area (Å²) < 4.78 is 10.8. The number of benzene rings is 1. The summed E-state index contributed by atoms with van der Waals surface area (Å²) in [5.41, 5.74) is 0.694. The van der Waals surface area contributed by atoms with E-state index in [0.717, 1.165) is 11.5 Å². The van der Waals surface area contributed by atoms with Gasteiger partial charge < -0.3 is 19.1 Å². The van der Waals surface area contributed by atoms with Crippen molar-refractivity contribution in [1.29, 1.82) is 0 Å². The van der Waals surface area contributed by atoms with E-state index in [2.05, 4.69) is 5.32 Å². The molecule has 0 aliphatic carbocycles. The van der Waals surface area contributed by atoms with Gasteiger partial charge in [-0.3, -0.25) is 10.1 Å². The minimum atomic E-state index is -0.442. The van der Waals surface area contributed by atoms with Gasteiger partial charge in [0.05, 0.1) is 30.5 Å². The summed E-state index contributed by atoms with van der Waals surface area (Å²) in [7, 11) is 0. The molecule has 0 unspecified atom stereocenters. The summed E-state index contributed by atoms with van der Waals surface area (Å²) in [5, 5.41) is 14.3. The Balaban J connectivity index is 1.72. The second-order valence-corrected chi connectivity index (χ2v) is 5.64. The van der Waals surface area contributed by atoms with Gasteiger partial charge in [-0.25, -0.2) is 0 Å². The van der Waals surface area contributed by atoms with Crippen molar-refractivity contribution in [2.75, 3.05) is 5.32 Å². The fraction of sp³-hybridized carbons (Fsp3) is 0.118. The van der Waals surface area contributed by atoms with Gasteiger partial charge in [0, 0.05) is 17.8 Å². The molecule has 0 fully saturated rings. The molecule has 3 rings (SSSR count). The van der Waals surface area contributed by atoms with Gasteiger partial charge in [0.25, 0.3) is 5.69 Å². The molecule has 0 aliphatic heterocycles. The first-order valence-corrected chi connectivity index (χ1v) is 7.88. The molecular weight excluding hydrogens is 342 g/mol. The van der Waals surface area contributed by atoms with Gasteiger partial charge in [-0.15, -0.1) is 0 Å². The van der Waals surface area contributed by atoms with Gasteiger partial charge >= 0.3 is 0 Å². The third-order valence-corrected chi connectivity index (χ3v) is 3.83. The molecule has 0 bridgehead atoms. The maximum absolute atomic E-state index is 10.7. The molecule has 3 aromatic rings. The van der Waals surface area contributed by atoms with Gasteiger partial charge in [-0.2, -0.15) is 0 Å². The largest absolute Gasteiger partial charge is 0.467 e. The molecule has 0 saturated heterocycles. The van der Waals surface area contributed by atoms with E-state index < -0.39 is 4.92 Å². The number of furan rings is 2. The van der Waals surface area contributed by atoms with Crippen LogP contribution in [0.5, 0.6) is 0 Å². The van der Waals surface area contributed by atoms with Crippen LogP contribution in [0, 0.1) is 10.1 Å². The van der Waals surface area contributed by atoms with Crippen LogP contribution in [0.1, 0.15) is 11.5 Å². The molecular formula is C17H15N3O4S. The second-order valence-electron chi connectivity index (χ2n) is 5.25. The van der Waals surface area contributed by atoms with E-state index >= 15 is 0 Å². The lowest BCUT2D eigenvalue weighted by molar-refractivity contribution is -0.384. The topological polar surface area (TPSA) is 84.7 Å². The highest BCUT2D eigenvalue weighted by Gasteiger charge is 2.15. The van der Waals surface area contributed by atoms with E-state index in [9.17, 15) is 10.1 Å². The number of hydrogen-bond donors (Lipinski definition) is 1. The van der Waals surface area contributed by atoms with Crippen molar-refractivity contribution in [2.45, 2.75) is 13.1 Å². The van der Waals surface area contributed by atoms with Crippen molar-refractivity contribution in [2.24, 2.45) is 0 Å². The van der Waals surface area contributed by atoms with Crippen molar-refractivity contribution in [3.8, 4) is 0 Å². The Hall–Kier alpha value is -3.13. The highest BCUT2D eigenvalue weighted by molar-refractivity contribution is 7.80. The quantitative estimate of drug-likeness (QED) is 0.402. The lowest BCUT2D eigenvalue weighted by atomic mass is 10.3. The minimum Gasteiger partial charge on any atom is -0.467 e. The van der Waals surface area contributed by atoms with Crippen LogP contribution in [0.25, 0.3) is 0 Å². The number of rotatable bonds is 6. The van der Waals surface area contributed by atoms with E-state index in [0.29, 0.717) is 23.9 Å². The molecule has 0 atom stereocenters. The van der Waals surface area contributed by atoms with E-state index in [1.54, 1.807) is 24.7 Å². The molecule has 128 valence electrons. The summed E-state index contributed by atoms with van der Waals surface area (Å²) in [6, 6.07) is 13.4. The Morgan fingerprint density at radius 3 is 2.04 bits per heavy atom. The average molecular weight is 357 g/mol. The van der Waals surface area contributed by atoms with Crippen LogP contribution in [-0.2, 0) is 13.1 Å². The number of nitrogens with zero attached hydrogens (tertiary/aromatic N) is 2. The number of thiocarbonyl (C=S) groups is 1. The molecule has 0 radical (unpaired) electrons. The van der Waals surface area contributed by atoms with Gasteiger partial charge in [-0.1, -0.05) is 0 Å². The van der Waals surface area contributed by atoms with E-state index in [4.69, 9.17) is 21.1 Å². The van der Waals surface area contributed by atoms with Crippen LogP contribution in [0.15, 0.2) is 69.9 Å². The summed E-state index contributed by atoms with van der Waals surface area (Å²) in [5.74, 6) is 1.53. The molecule has 1 N–H and O–H groups in total. The Bertz CT molecular complexity index is 793. The molecule has 2 aromatic heterocycles. The standard InChI is InChI=1S/C17H15N3O4S/c21-20(22)14-7-5-13(6-8-14)18-17(25)19(11-15-3-1-9-23-15)12-16-4-2-10-24-16/h1-10H,11-12H2,(H,18,25). The normalized spacial score (nSPS) is 10.4. The number of non-ortho nitro benzene ring substituents is 1. The summed E-state index contributed by atoms with van der Waals surface area (Å²) in [6.45, 7) is 0.930. The molecule has 8 heteroatoms. The lowest BCUT2D eigenvalue weighted by Gasteiger charge is -2.24. The van der Waals surface area contributed by atoms with Crippen molar-refractivity contribution < 1.29 is 13.8 Å². The Kier molecular flexibility index (Phi) is 5.10. The predicted molar refractivity (Wildman–Crippen MR) is 96.0 cm³/mol. The Labute approximate surface area is 149 Å². The van der Waals surface area contributed by atoms with Crippen molar-refractivity contribution in [1.82, 2.24) is 4.90 Å². The van der Waals surface area contributed by atoms with Crippen molar-refractivity contribution >= 4 is 28.7 Å². The number of nitrogens with one attached hydrogen (secondary N) is 1. The van der Waals surface area contributed by atoms with Crippen LogP contribution >= 0.6 is 12.2 Å². The molecule has 0 amide bonds. The van der Waals surface area contributed by atoms with Crippen LogP contribution in [0.2, 0.25) is 0 Å². The van der Waals surface area contributed by atoms with Crippen LogP contribution in [-0.4, -0.2) is 14.9 Å². The number of anilines is 1. The molecule has 25 heavy (non-hydrogen) atoms. The fourth-order valence-electron chi connectivity index (χ4n) is 2.25. The first-order valence-electron chi connectivity index (χ1n) is 7.47. The first kappa shape index (κ1) is 16.7. The summed E-state index contributed by atoms with van der Waals surface area (Å²) in [6.07, 6.45) is 3.21.